The maximum atomic E-state index is 12.3. The summed E-state index contributed by atoms with van der Waals surface area (Å²) in [4.78, 5) is 0.0624. The minimum absolute atomic E-state index is 0.0624. The molecule has 0 unspecified atom stereocenters. The zero-order chi connectivity index (χ0) is 17.2. The van der Waals surface area contributed by atoms with Gasteiger partial charge in [0.2, 0.25) is 10.0 Å². The third-order valence-corrected chi connectivity index (χ3v) is 5.46. The van der Waals surface area contributed by atoms with Gasteiger partial charge in [-0.3, -0.25) is 0 Å². The van der Waals surface area contributed by atoms with Gasteiger partial charge in [0.1, 0.15) is 0 Å². The third-order valence-electron chi connectivity index (χ3n) is 3.32. The van der Waals surface area contributed by atoms with Crippen LogP contribution in [0.4, 0.5) is 0 Å². The lowest BCUT2D eigenvalue weighted by Gasteiger charge is -2.06. The Bertz CT molecular complexity index is 956. The van der Waals surface area contributed by atoms with E-state index in [1.807, 2.05) is 30.3 Å². The minimum Gasteiger partial charge on any atom is -0.241 e. The summed E-state index contributed by atoms with van der Waals surface area (Å²) in [6, 6.07) is 13.7. The van der Waals surface area contributed by atoms with Crippen molar-refractivity contribution >= 4 is 33.2 Å². The predicted molar refractivity (Wildman–Crippen MR) is 94.1 cm³/mol. The standard InChI is InChI=1S/C16H13Cl2N3O2S/c17-15-7-6-14(8-16(15)18)24(22,23)20-10-12-9-19-21(11-12)13-4-2-1-3-5-13/h1-9,11,20H,10H2. The van der Waals surface area contributed by atoms with Crippen molar-refractivity contribution < 1.29 is 8.42 Å². The van der Waals surface area contributed by atoms with E-state index < -0.39 is 10.0 Å². The average molecular weight is 382 g/mol. The van der Waals surface area contributed by atoms with Gasteiger partial charge in [-0.15, -0.1) is 0 Å². The molecule has 3 aromatic rings. The van der Waals surface area contributed by atoms with Crippen LogP contribution >= 0.6 is 23.2 Å². The van der Waals surface area contributed by atoms with Crippen molar-refractivity contribution in [3.05, 3.63) is 76.5 Å². The summed E-state index contributed by atoms with van der Waals surface area (Å²) in [7, 11) is -3.68. The summed E-state index contributed by atoms with van der Waals surface area (Å²) in [5, 5.41) is 4.73. The Kier molecular flexibility index (Phi) is 4.91. The molecule has 2 aromatic carbocycles. The maximum absolute atomic E-state index is 12.3. The molecule has 0 atom stereocenters. The molecule has 24 heavy (non-hydrogen) atoms. The Morgan fingerprint density at radius 2 is 1.79 bits per heavy atom. The molecule has 0 aliphatic carbocycles. The highest BCUT2D eigenvalue weighted by atomic mass is 35.5. The normalized spacial score (nSPS) is 11.6. The van der Waals surface area contributed by atoms with Gasteiger partial charge in [0, 0.05) is 18.3 Å². The first-order valence-corrected chi connectivity index (χ1v) is 9.23. The summed E-state index contributed by atoms with van der Waals surface area (Å²) < 4.78 is 28.8. The highest BCUT2D eigenvalue weighted by molar-refractivity contribution is 7.89. The number of nitrogens with one attached hydrogen (secondary N) is 1. The van der Waals surface area contributed by atoms with Gasteiger partial charge in [-0.05, 0) is 30.3 Å². The second-order valence-corrected chi connectivity index (χ2v) is 7.61. The maximum Gasteiger partial charge on any atom is 0.240 e. The molecule has 0 aliphatic rings. The van der Waals surface area contributed by atoms with Crippen LogP contribution in [0.3, 0.4) is 0 Å². The molecule has 124 valence electrons. The molecular weight excluding hydrogens is 369 g/mol. The first kappa shape index (κ1) is 17.0. The molecule has 0 saturated heterocycles. The van der Waals surface area contributed by atoms with E-state index in [9.17, 15) is 8.42 Å². The van der Waals surface area contributed by atoms with Crippen LogP contribution in [0.25, 0.3) is 5.69 Å². The predicted octanol–water partition coefficient (Wildman–Crippen LogP) is 3.66. The second-order valence-electron chi connectivity index (χ2n) is 5.03. The lowest BCUT2D eigenvalue weighted by molar-refractivity contribution is 0.581. The smallest absolute Gasteiger partial charge is 0.240 e. The van der Waals surface area contributed by atoms with Gasteiger partial charge < -0.3 is 0 Å². The molecule has 0 radical (unpaired) electrons. The summed E-state index contributed by atoms with van der Waals surface area (Å²) in [5.74, 6) is 0. The molecule has 0 fully saturated rings. The number of hydrogen-bond donors (Lipinski definition) is 1. The molecule has 1 heterocycles. The van der Waals surface area contributed by atoms with Crippen molar-refractivity contribution in [1.29, 1.82) is 0 Å². The summed E-state index contributed by atoms with van der Waals surface area (Å²) in [5.41, 5.74) is 1.64. The van der Waals surface area contributed by atoms with Crippen LogP contribution < -0.4 is 4.72 Å². The van der Waals surface area contributed by atoms with Crippen LogP contribution in [0.2, 0.25) is 10.0 Å². The van der Waals surface area contributed by atoms with E-state index >= 15 is 0 Å². The SMILES string of the molecule is O=S(=O)(NCc1cnn(-c2ccccc2)c1)c1ccc(Cl)c(Cl)c1. The average Bonchev–Trinajstić information content (AvgIpc) is 3.05. The highest BCUT2D eigenvalue weighted by Gasteiger charge is 2.15. The molecule has 5 nitrogen and oxygen atoms in total. The van der Waals surface area contributed by atoms with E-state index in [2.05, 4.69) is 9.82 Å². The summed E-state index contributed by atoms with van der Waals surface area (Å²) in [6.45, 7) is 0.120. The van der Waals surface area contributed by atoms with E-state index in [4.69, 9.17) is 23.2 Å². The quantitative estimate of drug-likeness (QED) is 0.733. The molecule has 0 spiro atoms. The number of halogens is 2. The Hall–Kier alpha value is -1.86. The van der Waals surface area contributed by atoms with Crippen molar-refractivity contribution in [3.8, 4) is 5.69 Å². The monoisotopic (exact) mass is 381 g/mol. The third kappa shape index (κ3) is 3.79. The fourth-order valence-corrected chi connectivity index (χ4v) is 3.49. The number of para-hydroxylation sites is 1. The van der Waals surface area contributed by atoms with E-state index in [1.165, 1.54) is 18.2 Å². The number of sulfonamides is 1. The zero-order valence-electron chi connectivity index (χ0n) is 12.4. The van der Waals surface area contributed by atoms with Crippen LogP contribution in [0.15, 0.2) is 65.8 Å². The number of rotatable bonds is 5. The van der Waals surface area contributed by atoms with Crippen molar-refractivity contribution in [2.24, 2.45) is 0 Å². The number of hydrogen-bond acceptors (Lipinski definition) is 3. The lowest BCUT2D eigenvalue weighted by atomic mass is 10.3. The van der Waals surface area contributed by atoms with E-state index in [1.54, 1.807) is 17.1 Å². The van der Waals surface area contributed by atoms with Crippen LogP contribution in [0.5, 0.6) is 0 Å². The Morgan fingerprint density at radius 3 is 2.50 bits per heavy atom. The summed E-state index contributed by atoms with van der Waals surface area (Å²) >= 11 is 11.7. The molecule has 1 N–H and O–H groups in total. The van der Waals surface area contributed by atoms with Gasteiger partial charge in [0.05, 0.1) is 26.8 Å². The molecule has 0 bridgehead atoms. The van der Waals surface area contributed by atoms with E-state index in [0.717, 1.165) is 11.3 Å². The van der Waals surface area contributed by atoms with Crippen LogP contribution in [-0.2, 0) is 16.6 Å². The number of benzene rings is 2. The molecule has 8 heteroatoms. The van der Waals surface area contributed by atoms with Gasteiger partial charge in [-0.25, -0.2) is 17.8 Å². The Morgan fingerprint density at radius 1 is 1.04 bits per heavy atom. The highest BCUT2D eigenvalue weighted by Crippen LogP contribution is 2.24. The van der Waals surface area contributed by atoms with Crippen molar-refractivity contribution in [3.63, 3.8) is 0 Å². The van der Waals surface area contributed by atoms with Crippen molar-refractivity contribution in [1.82, 2.24) is 14.5 Å². The van der Waals surface area contributed by atoms with E-state index in [0.29, 0.717) is 5.02 Å². The van der Waals surface area contributed by atoms with Gasteiger partial charge >= 0.3 is 0 Å². The topological polar surface area (TPSA) is 64.0 Å². The van der Waals surface area contributed by atoms with Gasteiger partial charge in [-0.1, -0.05) is 41.4 Å². The van der Waals surface area contributed by atoms with Crippen LogP contribution in [0.1, 0.15) is 5.56 Å². The first-order chi connectivity index (χ1) is 11.5. The molecular formula is C16H13Cl2N3O2S. The first-order valence-electron chi connectivity index (χ1n) is 6.99. The van der Waals surface area contributed by atoms with Crippen LogP contribution in [0, 0.1) is 0 Å². The van der Waals surface area contributed by atoms with Gasteiger partial charge in [0.25, 0.3) is 0 Å². The Labute approximate surface area is 149 Å². The zero-order valence-corrected chi connectivity index (χ0v) is 14.7. The molecule has 1 aromatic heterocycles. The molecule has 0 saturated carbocycles. The van der Waals surface area contributed by atoms with Gasteiger partial charge in [0.15, 0.2) is 0 Å². The minimum atomic E-state index is -3.68. The second kappa shape index (κ2) is 6.94. The Balaban J connectivity index is 1.73. The fourth-order valence-electron chi connectivity index (χ4n) is 2.08. The molecule has 0 aliphatic heterocycles. The number of aromatic nitrogens is 2. The summed E-state index contributed by atoms with van der Waals surface area (Å²) in [6.07, 6.45) is 3.39. The van der Waals surface area contributed by atoms with Crippen molar-refractivity contribution in [2.45, 2.75) is 11.4 Å². The fraction of sp³-hybridized carbons (Fsp3) is 0.0625. The van der Waals surface area contributed by atoms with Crippen molar-refractivity contribution in [2.75, 3.05) is 0 Å². The van der Waals surface area contributed by atoms with Gasteiger partial charge in [-0.2, -0.15) is 5.10 Å². The lowest BCUT2D eigenvalue weighted by Crippen LogP contribution is -2.23. The molecule has 0 amide bonds. The number of nitrogens with zero attached hydrogens (tertiary/aromatic N) is 2. The largest absolute Gasteiger partial charge is 0.241 e. The molecule has 3 rings (SSSR count). The van der Waals surface area contributed by atoms with Crippen LogP contribution in [-0.4, -0.2) is 18.2 Å². The van der Waals surface area contributed by atoms with E-state index in [-0.39, 0.29) is 16.5 Å².